The van der Waals surface area contributed by atoms with Gasteiger partial charge in [-0.2, -0.15) is 0 Å². The lowest BCUT2D eigenvalue weighted by Gasteiger charge is -2.16. The van der Waals surface area contributed by atoms with Gasteiger partial charge < -0.3 is 19.4 Å². The fourth-order valence-electron chi connectivity index (χ4n) is 2.12. The third-order valence-corrected chi connectivity index (χ3v) is 5.03. The molecular formula is C14H22BNO3Si. The summed E-state index contributed by atoms with van der Waals surface area (Å²) >= 11 is 0. The molecular weight excluding hydrogens is 269 g/mol. The van der Waals surface area contributed by atoms with Crippen molar-refractivity contribution in [2.24, 2.45) is 0 Å². The van der Waals surface area contributed by atoms with E-state index in [0.717, 1.165) is 16.9 Å². The van der Waals surface area contributed by atoms with Gasteiger partial charge in [-0.15, -0.1) is 0 Å². The average molecular weight is 291 g/mol. The maximum atomic E-state index is 9.48. The van der Waals surface area contributed by atoms with Crippen LogP contribution in [0.2, 0.25) is 25.7 Å². The molecule has 0 saturated heterocycles. The summed E-state index contributed by atoms with van der Waals surface area (Å²) in [5, 5.41) is 19.9. The summed E-state index contributed by atoms with van der Waals surface area (Å²) in [6.45, 7) is 7.99. The molecule has 0 spiro atoms. The van der Waals surface area contributed by atoms with Crippen LogP contribution in [0.4, 0.5) is 0 Å². The largest absolute Gasteiger partial charge is 0.506 e. The van der Waals surface area contributed by atoms with E-state index in [0.29, 0.717) is 18.9 Å². The van der Waals surface area contributed by atoms with Crippen molar-refractivity contribution >= 4 is 31.7 Å². The van der Waals surface area contributed by atoms with E-state index in [1.165, 1.54) is 0 Å². The maximum absolute atomic E-state index is 9.48. The van der Waals surface area contributed by atoms with Crippen molar-refractivity contribution in [3.63, 3.8) is 0 Å². The molecule has 108 valence electrons. The monoisotopic (exact) mass is 291 g/mol. The fourth-order valence-corrected chi connectivity index (χ4v) is 2.88. The number of nitrogens with zero attached hydrogens (tertiary/aromatic N) is 1. The van der Waals surface area contributed by atoms with Crippen molar-refractivity contribution in [1.82, 2.24) is 4.57 Å². The predicted molar refractivity (Wildman–Crippen MR) is 85.9 cm³/mol. The summed E-state index contributed by atoms with van der Waals surface area (Å²) in [6.07, 6.45) is 0. The van der Waals surface area contributed by atoms with E-state index < -0.39 is 15.2 Å². The van der Waals surface area contributed by atoms with Crippen molar-refractivity contribution in [2.45, 2.75) is 32.4 Å². The van der Waals surface area contributed by atoms with Crippen LogP contribution in [0.25, 0.3) is 10.9 Å². The molecule has 0 unspecified atom stereocenters. The van der Waals surface area contributed by atoms with Crippen LogP contribution >= 0.6 is 0 Å². The highest BCUT2D eigenvalue weighted by Crippen LogP contribution is 2.15. The summed E-state index contributed by atoms with van der Waals surface area (Å²) in [5.41, 5.74) is 1.43. The third-order valence-electron chi connectivity index (χ3n) is 3.32. The zero-order valence-electron chi connectivity index (χ0n) is 12.3. The number of rotatable bonds is 6. The van der Waals surface area contributed by atoms with Gasteiger partial charge in [-0.05, 0) is 23.6 Å². The third kappa shape index (κ3) is 3.73. The summed E-state index contributed by atoms with van der Waals surface area (Å²) in [4.78, 5) is 0. The molecule has 0 atom stereocenters. The number of fused-ring (bicyclic) bond motifs is 1. The number of benzene rings is 1. The Morgan fingerprint density at radius 2 is 1.90 bits per heavy atom. The quantitative estimate of drug-likeness (QED) is 0.628. The van der Waals surface area contributed by atoms with Gasteiger partial charge in [-0.1, -0.05) is 37.8 Å². The van der Waals surface area contributed by atoms with Crippen LogP contribution in [0.15, 0.2) is 30.3 Å². The second-order valence-corrected chi connectivity index (χ2v) is 11.9. The van der Waals surface area contributed by atoms with Crippen molar-refractivity contribution in [1.29, 1.82) is 0 Å². The Balaban J connectivity index is 2.13. The van der Waals surface area contributed by atoms with Crippen LogP contribution in [-0.4, -0.2) is 36.4 Å². The molecule has 0 bridgehead atoms. The topological polar surface area (TPSA) is 54.6 Å². The fraction of sp³-hybridized carbons (Fsp3) is 0.429. The van der Waals surface area contributed by atoms with Crippen LogP contribution in [-0.2, 0) is 11.5 Å². The van der Waals surface area contributed by atoms with E-state index in [1.54, 1.807) is 6.07 Å². The Kier molecular flexibility index (Phi) is 4.70. The Hall–Kier alpha value is -1.08. The van der Waals surface area contributed by atoms with Crippen molar-refractivity contribution < 1.29 is 14.8 Å². The molecule has 1 aromatic carbocycles. The summed E-state index contributed by atoms with van der Waals surface area (Å²) in [7, 11) is -2.58. The van der Waals surface area contributed by atoms with Crippen molar-refractivity contribution in [2.75, 3.05) is 6.61 Å². The molecule has 20 heavy (non-hydrogen) atoms. The molecule has 2 N–H and O–H groups in total. The molecule has 6 heteroatoms. The van der Waals surface area contributed by atoms with Gasteiger partial charge in [0, 0.05) is 20.2 Å². The van der Waals surface area contributed by atoms with Gasteiger partial charge in [0.05, 0.1) is 5.59 Å². The minimum absolute atomic E-state index is 0.352. The van der Waals surface area contributed by atoms with Crippen LogP contribution in [0, 0.1) is 0 Å². The maximum Gasteiger partial charge on any atom is 0.506 e. The second kappa shape index (κ2) is 6.14. The summed E-state index contributed by atoms with van der Waals surface area (Å²) < 4.78 is 7.55. The van der Waals surface area contributed by atoms with Crippen LogP contribution in [0.5, 0.6) is 0 Å². The first kappa shape index (κ1) is 15.3. The minimum atomic E-state index is -1.48. The first-order valence-electron chi connectivity index (χ1n) is 6.90. The Labute approximate surface area is 121 Å². The molecule has 1 aromatic heterocycles. The Bertz CT molecular complexity index is 577. The molecule has 0 radical (unpaired) electrons. The number of para-hydroxylation sites is 1. The lowest BCUT2D eigenvalue weighted by molar-refractivity contribution is 0.0916. The van der Waals surface area contributed by atoms with E-state index in [2.05, 4.69) is 19.6 Å². The van der Waals surface area contributed by atoms with E-state index in [4.69, 9.17) is 4.74 Å². The number of hydrogen-bond donors (Lipinski definition) is 2. The molecule has 2 aromatic rings. The summed E-state index contributed by atoms with van der Waals surface area (Å²) in [5.74, 6) is 0. The van der Waals surface area contributed by atoms with Gasteiger partial charge >= 0.3 is 7.12 Å². The standard InChI is InChI=1S/C14H22BNO3Si/c1-20(2,3)9-8-19-11-16-13-7-5-4-6-12(13)10-14(16)15(17)18/h4-7,10,17-18H,8-9,11H2,1-3H3. The number of hydrogen-bond acceptors (Lipinski definition) is 3. The molecule has 0 aliphatic heterocycles. The smallest absolute Gasteiger partial charge is 0.422 e. The second-order valence-electron chi connectivity index (χ2n) is 6.28. The molecule has 0 saturated carbocycles. The van der Waals surface area contributed by atoms with Gasteiger partial charge in [0.2, 0.25) is 0 Å². The van der Waals surface area contributed by atoms with Gasteiger partial charge in [-0.3, -0.25) is 0 Å². The Morgan fingerprint density at radius 1 is 1.20 bits per heavy atom. The zero-order valence-corrected chi connectivity index (χ0v) is 13.3. The van der Waals surface area contributed by atoms with Gasteiger partial charge in [0.25, 0.3) is 0 Å². The highest BCUT2D eigenvalue weighted by Gasteiger charge is 2.19. The molecule has 0 aliphatic carbocycles. The van der Waals surface area contributed by atoms with Gasteiger partial charge in [0.1, 0.15) is 6.73 Å². The average Bonchev–Trinajstić information content (AvgIpc) is 2.72. The number of aromatic nitrogens is 1. The van der Waals surface area contributed by atoms with Crippen LogP contribution in [0.1, 0.15) is 0 Å². The highest BCUT2D eigenvalue weighted by molar-refractivity contribution is 6.76. The molecule has 4 nitrogen and oxygen atoms in total. The normalized spacial score (nSPS) is 12.1. The molecule has 0 aliphatic rings. The molecule has 1 heterocycles. The minimum Gasteiger partial charge on any atom is -0.422 e. The lowest BCUT2D eigenvalue weighted by atomic mass is 9.86. The first-order valence-corrected chi connectivity index (χ1v) is 10.6. The van der Waals surface area contributed by atoms with E-state index in [9.17, 15) is 10.0 Å². The first-order chi connectivity index (χ1) is 9.38. The molecule has 0 amide bonds. The van der Waals surface area contributed by atoms with E-state index in [1.807, 2.05) is 28.8 Å². The van der Waals surface area contributed by atoms with Gasteiger partial charge in [-0.25, -0.2) is 0 Å². The molecule has 0 fully saturated rings. The SMILES string of the molecule is C[Si](C)(C)CCOCn1c(B(O)O)cc2ccccc21. The van der Waals surface area contributed by atoms with E-state index in [-0.39, 0.29) is 0 Å². The Morgan fingerprint density at radius 3 is 2.55 bits per heavy atom. The van der Waals surface area contributed by atoms with Gasteiger partial charge in [0.15, 0.2) is 0 Å². The van der Waals surface area contributed by atoms with Crippen LogP contribution < -0.4 is 5.59 Å². The van der Waals surface area contributed by atoms with Crippen molar-refractivity contribution in [3.05, 3.63) is 30.3 Å². The van der Waals surface area contributed by atoms with Crippen molar-refractivity contribution in [3.8, 4) is 0 Å². The highest BCUT2D eigenvalue weighted by atomic mass is 28.3. The zero-order chi connectivity index (χ0) is 14.8. The van der Waals surface area contributed by atoms with E-state index >= 15 is 0 Å². The predicted octanol–water partition coefficient (Wildman–Crippen LogP) is 1.63. The molecule has 2 rings (SSSR count). The van der Waals surface area contributed by atoms with Crippen LogP contribution in [0.3, 0.4) is 0 Å². The number of ether oxygens (including phenoxy) is 1. The lowest BCUT2D eigenvalue weighted by Crippen LogP contribution is -2.36. The summed E-state index contributed by atoms with van der Waals surface area (Å²) in [6, 6.07) is 10.7.